The minimum atomic E-state index is -4.65. The number of benzene rings is 3. The third kappa shape index (κ3) is 6.45. The molecule has 4 rings (SSSR count). The summed E-state index contributed by atoms with van der Waals surface area (Å²) < 4.78 is 39.9. The maximum absolute atomic E-state index is 13.3. The minimum absolute atomic E-state index is 0.103. The highest BCUT2D eigenvalue weighted by molar-refractivity contribution is 7.18. The molecule has 0 saturated carbocycles. The van der Waals surface area contributed by atoms with Gasteiger partial charge in [0.15, 0.2) is 0 Å². The number of alkyl halides is 3. The second kappa shape index (κ2) is 11.0. The molecule has 3 N–H and O–H groups in total. The molecule has 0 spiro atoms. The smallest absolute Gasteiger partial charge is 0.326 e. The van der Waals surface area contributed by atoms with Crippen molar-refractivity contribution >= 4 is 34.1 Å². The summed E-state index contributed by atoms with van der Waals surface area (Å²) in [6.07, 6.45) is -4.55. The molecule has 1 unspecified atom stereocenters. The van der Waals surface area contributed by atoms with Gasteiger partial charge in [0, 0.05) is 12.0 Å². The zero-order valence-corrected chi connectivity index (χ0v) is 19.4. The van der Waals surface area contributed by atoms with Gasteiger partial charge in [0.2, 0.25) is 11.0 Å². The standard InChI is InChI=1S/C25H20F3N5O2S/c26-25(27,28)18-13-7-8-14-19(18)29-23(35)30-20(15-16-9-3-1-4-10-16)21(34)31-24-33-32-22(36-24)17-11-5-2-6-12-17/h1-14,20H,15H2,(H2,29,30,35)(H,31,33,34). The molecule has 1 aromatic heterocycles. The Morgan fingerprint density at radius 1 is 0.833 bits per heavy atom. The predicted octanol–water partition coefficient (Wildman–Crippen LogP) is 5.60. The first-order chi connectivity index (χ1) is 17.3. The van der Waals surface area contributed by atoms with Crippen LogP contribution in [0.3, 0.4) is 0 Å². The van der Waals surface area contributed by atoms with Crippen molar-refractivity contribution in [1.82, 2.24) is 15.5 Å². The van der Waals surface area contributed by atoms with Crippen molar-refractivity contribution < 1.29 is 22.8 Å². The Morgan fingerprint density at radius 3 is 2.17 bits per heavy atom. The van der Waals surface area contributed by atoms with E-state index in [9.17, 15) is 22.8 Å². The topological polar surface area (TPSA) is 96.0 Å². The number of rotatable bonds is 7. The van der Waals surface area contributed by atoms with E-state index in [0.29, 0.717) is 5.01 Å². The Balaban J connectivity index is 1.50. The summed E-state index contributed by atoms with van der Waals surface area (Å²) >= 11 is 1.16. The van der Waals surface area contributed by atoms with Crippen molar-refractivity contribution in [2.75, 3.05) is 10.6 Å². The molecule has 3 aromatic carbocycles. The van der Waals surface area contributed by atoms with E-state index in [4.69, 9.17) is 0 Å². The molecular formula is C25H20F3N5O2S. The lowest BCUT2D eigenvalue weighted by Gasteiger charge is -2.19. The molecule has 0 aliphatic heterocycles. The molecule has 11 heteroatoms. The minimum Gasteiger partial charge on any atom is -0.326 e. The number of nitrogens with zero attached hydrogens (tertiary/aromatic N) is 2. The molecule has 0 aliphatic carbocycles. The van der Waals surface area contributed by atoms with Gasteiger partial charge in [-0.15, -0.1) is 10.2 Å². The molecule has 0 fully saturated rings. The van der Waals surface area contributed by atoms with Gasteiger partial charge in [-0.3, -0.25) is 10.1 Å². The van der Waals surface area contributed by atoms with E-state index < -0.39 is 35.4 Å². The number of carbonyl (C=O) groups is 2. The highest BCUT2D eigenvalue weighted by atomic mass is 32.1. The zero-order valence-electron chi connectivity index (χ0n) is 18.6. The maximum atomic E-state index is 13.3. The molecule has 1 atom stereocenters. The Kier molecular flexibility index (Phi) is 7.59. The first-order valence-electron chi connectivity index (χ1n) is 10.8. The Labute approximate surface area is 208 Å². The number of amides is 3. The molecule has 0 saturated heterocycles. The Bertz CT molecular complexity index is 1330. The fourth-order valence-electron chi connectivity index (χ4n) is 3.38. The third-order valence-corrected chi connectivity index (χ3v) is 5.95. The molecule has 4 aromatic rings. The van der Waals surface area contributed by atoms with E-state index >= 15 is 0 Å². The summed E-state index contributed by atoms with van der Waals surface area (Å²) in [4.78, 5) is 25.7. The van der Waals surface area contributed by atoms with Crippen LogP contribution in [-0.2, 0) is 17.4 Å². The molecule has 1 heterocycles. The van der Waals surface area contributed by atoms with Crippen molar-refractivity contribution in [3.05, 3.63) is 96.1 Å². The largest absolute Gasteiger partial charge is 0.418 e. The van der Waals surface area contributed by atoms with Crippen LogP contribution >= 0.6 is 11.3 Å². The second-order valence-electron chi connectivity index (χ2n) is 7.65. The van der Waals surface area contributed by atoms with E-state index in [1.807, 2.05) is 30.3 Å². The van der Waals surface area contributed by atoms with Crippen LogP contribution in [0.1, 0.15) is 11.1 Å². The maximum Gasteiger partial charge on any atom is 0.418 e. The zero-order chi connectivity index (χ0) is 25.5. The van der Waals surface area contributed by atoms with Crippen LogP contribution in [0.25, 0.3) is 10.6 Å². The number of aromatic nitrogens is 2. The van der Waals surface area contributed by atoms with E-state index in [-0.39, 0.29) is 11.6 Å². The molecule has 3 amide bonds. The molecule has 0 aliphatic rings. The SMILES string of the molecule is O=C(Nc1ccccc1C(F)(F)F)NC(Cc1ccccc1)C(=O)Nc1nnc(-c2ccccc2)s1. The average Bonchev–Trinajstić information content (AvgIpc) is 3.33. The van der Waals surface area contributed by atoms with Crippen LogP contribution in [0.2, 0.25) is 0 Å². The first kappa shape index (κ1) is 24.9. The first-order valence-corrected chi connectivity index (χ1v) is 11.6. The fraction of sp³-hybridized carbons (Fsp3) is 0.120. The van der Waals surface area contributed by atoms with Crippen molar-refractivity contribution in [2.24, 2.45) is 0 Å². The van der Waals surface area contributed by atoms with Crippen LogP contribution in [-0.4, -0.2) is 28.2 Å². The Hall–Kier alpha value is -4.25. The lowest BCUT2D eigenvalue weighted by molar-refractivity contribution is -0.137. The van der Waals surface area contributed by atoms with Crippen molar-refractivity contribution in [2.45, 2.75) is 18.6 Å². The van der Waals surface area contributed by atoms with Crippen LogP contribution in [0.15, 0.2) is 84.9 Å². The van der Waals surface area contributed by atoms with Crippen molar-refractivity contribution in [3.63, 3.8) is 0 Å². The van der Waals surface area contributed by atoms with Gasteiger partial charge in [-0.25, -0.2) is 4.79 Å². The predicted molar refractivity (Wildman–Crippen MR) is 132 cm³/mol. The van der Waals surface area contributed by atoms with Gasteiger partial charge >= 0.3 is 12.2 Å². The number of halogens is 3. The summed E-state index contributed by atoms with van der Waals surface area (Å²) in [6, 6.07) is 20.7. The number of nitrogens with one attached hydrogen (secondary N) is 3. The number of anilines is 2. The number of para-hydroxylation sites is 1. The lowest BCUT2D eigenvalue weighted by atomic mass is 10.1. The molecule has 0 bridgehead atoms. The number of carbonyl (C=O) groups excluding carboxylic acids is 2. The van der Waals surface area contributed by atoms with E-state index in [1.165, 1.54) is 12.1 Å². The highest BCUT2D eigenvalue weighted by Crippen LogP contribution is 2.34. The number of urea groups is 1. The Morgan fingerprint density at radius 2 is 1.47 bits per heavy atom. The summed E-state index contributed by atoms with van der Waals surface area (Å²) in [7, 11) is 0. The highest BCUT2D eigenvalue weighted by Gasteiger charge is 2.34. The molecule has 7 nitrogen and oxygen atoms in total. The fourth-order valence-corrected chi connectivity index (χ4v) is 4.13. The third-order valence-electron chi connectivity index (χ3n) is 5.06. The van der Waals surface area contributed by atoms with E-state index in [0.717, 1.165) is 34.6 Å². The van der Waals surface area contributed by atoms with Gasteiger partial charge in [0.1, 0.15) is 11.0 Å². The molecule has 184 valence electrons. The molecular weight excluding hydrogens is 491 g/mol. The van der Waals surface area contributed by atoms with Gasteiger partial charge in [-0.1, -0.05) is 84.1 Å². The van der Waals surface area contributed by atoms with Gasteiger partial charge in [0.05, 0.1) is 11.3 Å². The van der Waals surface area contributed by atoms with E-state index in [1.54, 1.807) is 30.3 Å². The van der Waals surface area contributed by atoms with Gasteiger partial charge < -0.3 is 10.6 Å². The summed E-state index contributed by atoms with van der Waals surface area (Å²) in [5, 5.41) is 16.2. The summed E-state index contributed by atoms with van der Waals surface area (Å²) in [5.41, 5.74) is 0.164. The van der Waals surface area contributed by atoms with Crippen LogP contribution in [0, 0.1) is 0 Å². The molecule has 36 heavy (non-hydrogen) atoms. The van der Waals surface area contributed by atoms with Gasteiger partial charge in [-0.2, -0.15) is 13.2 Å². The van der Waals surface area contributed by atoms with Crippen molar-refractivity contribution in [1.29, 1.82) is 0 Å². The quantitative estimate of drug-likeness (QED) is 0.301. The summed E-state index contributed by atoms with van der Waals surface area (Å²) in [6.45, 7) is 0. The lowest BCUT2D eigenvalue weighted by Crippen LogP contribution is -2.47. The monoisotopic (exact) mass is 511 g/mol. The average molecular weight is 512 g/mol. The van der Waals surface area contributed by atoms with Gasteiger partial charge in [-0.05, 0) is 17.7 Å². The van der Waals surface area contributed by atoms with Crippen LogP contribution in [0.5, 0.6) is 0 Å². The summed E-state index contributed by atoms with van der Waals surface area (Å²) in [5.74, 6) is -0.589. The van der Waals surface area contributed by atoms with Crippen molar-refractivity contribution in [3.8, 4) is 10.6 Å². The van der Waals surface area contributed by atoms with E-state index in [2.05, 4.69) is 26.1 Å². The van der Waals surface area contributed by atoms with Crippen LogP contribution in [0.4, 0.5) is 28.8 Å². The number of hydrogen-bond donors (Lipinski definition) is 3. The van der Waals surface area contributed by atoms with Crippen LogP contribution < -0.4 is 16.0 Å². The van der Waals surface area contributed by atoms with Gasteiger partial charge in [0.25, 0.3) is 0 Å². The normalized spacial score (nSPS) is 12.0. The number of hydrogen-bond acceptors (Lipinski definition) is 5. The molecule has 0 radical (unpaired) electrons. The second-order valence-corrected chi connectivity index (χ2v) is 8.63.